The van der Waals surface area contributed by atoms with Gasteiger partial charge in [0.15, 0.2) is 0 Å². The fourth-order valence-electron chi connectivity index (χ4n) is 1.13. The van der Waals surface area contributed by atoms with Crippen LogP contribution < -0.4 is 0 Å². The van der Waals surface area contributed by atoms with Gasteiger partial charge in [-0.25, -0.2) is 0 Å². The molecule has 58 valence electrons. The van der Waals surface area contributed by atoms with Gasteiger partial charge in [-0.05, 0) is 13.3 Å². The van der Waals surface area contributed by atoms with E-state index in [2.05, 4.69) is 17.9 Å². The third-order valence-corrected chi connectivity index (χ3v) is 1.94. The SMILES string of the molecule is CC#CCC1(C#N)CCOC1. The molecule has 0 spiro atoms. The second-order valence-corrected chi connectivity index (χ2v) is 2.80. The van der Waals surface area contributed by atoms with Gasteiger partial charge in [-0.1, -0.05) is 0 Å². The number of nitriles is 1. The monoisotopic (exact) mass is 149 g/mol. The molecule has 0 aromatic carbocycles. The molecule has 1 aliphatic heterocycles. The van der Waals surface area contributed by atoms with Crippen LogP contribution in [0, 0.1) is 28.6 Å². The van der Waals surface area contributed by atoms with Crippen molar-refractivity contribution >= 4 is 0 Å². The Labute approximate surface area is 67.2 Å². The summed E-state index contributed by atoms with van der Waals surface area (Å²) in [7, 11) is 0. The maximum Gasteiger partial charge on any atom is 0.0937 e. The lowest BCUT2D eigenvalue weighted by atomic mass is 9.86. The molecule has 0 radical (unpaired) electrons. The van der Waals surface area contributed by atoms with E-state index in [1.165, 1.54) is 0 Å². The quantitative estimate of drug-likeness (QED) is 0.527. The van der Waals surface area contributed by atoms with Crippen LogP contribution in [-0.2, 0) is 4.74 Å². The van der Waals surface area contributed by atoms with E-state index in [4.69, 9.17) is 10.00 Å². The summed E-state index contributed by atoms with van der Waals surface area (Å²) in [6, 6.07) is 2.28. The van der Waals surface area contributed by atoms with Crippen LogP contribution in [0.2, 0.25) is 0 Å². The second-order valence-electron chi connectivity index (χ2n) is 2.80. The molecule has 0 amide bonds. The van der Waals surface area contributed by atoms with Crippen LogP contribution in [-0.4, -0.2) is 13.2 Å². The largest absolute Gasteiger partial charge is 0.380 e. The molecule has 1 heterocycles. The number of ether oxygens (including phenoxy) is 1. The van der Waals surface area contributed by atoms with Gasteiger partial charge in [0.1, 0.15) is 0 Å². The van der Waals surface area contributed by atoms with Crippen LogP contribution in [0.1, 0.15) is 19.8 Å². The predicted octanol–water partition coefficient (Wildman–Crippen LogP) is 1.33. The Morgan fingerprint density at radius 1 is 1.64 bits per heavy atom. The van der Waals surface area contributed by atoms with Crippen molar-refractivity contribution in [1.29, 1.82) is 5.26 Å². The molecular formula is C9H11NO. The molecule has 0 aliphatic carbocycles. The summed E-state index contributed by atoms with van der Waals surface area (Å²) >= 11 is 0. The molecule has 0 aromatic rings. The van der Waals surface area contributed by atoms with Gasteiger partial charge in [0.2, 0.25) is 0 Å². The predicted molar refractivity (Wildman–Crippen MR) is 41.5 cm³/mol. The minimum Gasteiger partial charge on any atom is -0.380 e. The van der Waals surface area contributed by atoms with E-state index in [1.807, 2.05) is 0 Å². The maximum absolute atomic E-state index is 8.85. The molecule has 1 unspecified atom stereocenters. The Balaban J connectivity index is 2.59. The fraction of sp³-hybridized carbons (Fsp3) is 0.667. The summed E-state index contributed by atoms with van der Waals surface area (Å²) in [6.07, 6.45) is 1.48. The zero-order valence-corrected chi connectivity index (χ0v) is 6.68. The third kappa shape index (κ3) is 1.73. The molecule has 1 atom stereocenters. The summed E-state index contributed by atoms with van der Waals surface area (Å²) in [6.45, 7) is 3.05. The highest BCUT2D eigenvalue weighted by Gasteiger charge is 2.34. The first-order valence-electron chi connectivity index (χ1n) is 3.72. The normalized spacial score (nSPS) is 28.7. The second kappa shape index (κ2) is 3.42. The molecule has 1 fully saturated rings. The van der Waals surface area contributed by atoms with Gasteiger partial charge in [0.25, 0.3) is 0 Å². The standard InChI is InChI=1S/C9H11NO/c1-2-3-4-9(7-10)5-6-11-8-9/h4-6,8H2,1H3. The summed E-state index contributed by atoms with van der Waals surface area (Å²) in [5.74, 6) is 5.73. The van der Waals surface area contributed by atoms with E-state index in [1.54, 1.807) is 6.92 Å². The minimum absolute atomic E-state index is 0.303. The van der Waals surface area contributed by atoms with E-state index >= 15 is 0 Å². The Morgan fingerprint density at radius 3 is 2.91 bits per heavy atom. The van der Waals surface area contributed by atoms with Crippen molar-refractivity contribution in [2.45, 2.75) is 19.8 Å². The first kappa shape index (κ1) is 8.11. The molecular weight excluding hydrogens is 138 g/mol. The number of rotatable bonds is 1. The van der Waals surface area contributed by atoms with Gasteiger partial charge < -0.3 is 4.74 Å². The van der Waals surface area contributed by atoms with Gasteiger partial charge >= 0.3 is 0 Å². The number of hydrogen-bond donors (Lipinski definition) is 0. The van der Waals surface area contributed by atoms with Crippen molar-refractivity contribution in [3.05, 3.63) is 0 Å². The Morgan fingerprint density at radius 2 is 2.45 bits per heavy atom. The van der Waals surface area contributed by atoms with Crippen molar-refractivity contribution in [3.63, 3.8) is 0 Å². The van der Waals surface area contributed by atoms with Gasteiger partial charge in [0, 0.05) is 13.0 Å². The molecule has 2 nitrogen and oxygen atoms in total. The van der Waals surface area contributed by atoms with Gasteiger partial charge in [-0.2, -0.15) is 5.26 Å². The highest BCUT2D eigenvalue weighted by molar-refractivity contribution is 5.10. The van der Waals surface area contributed by atoms with Gasteiger partial charge in [-0.15, -0.1) is 11.8 Å². The molecule has 1 aliphatic rings. The molecule has 0 saturated carbocycles. The average molecular weight is 149 g/mol. The van der Waals surface area contributed by atoms with E-state index in [0.29, 0.717) is 19.6 Å². The smallest absolute Gasteiger partial charge is 0.0937 e. The lowest BCUT2D eigenvalue weighted by Crippen LogP contribution is -2.17. The first-order valence-corrected chi connectivity index (χ1v) is 3.72. The molecule has 2 heteroatoms. The van der Waals surface area contributed by atoms with Crippen LogP contribution in [0.3, 0.4) is 0 Å². The Hall–Kier alpha value is -0.990. The van der Waals surface area contributed by atoms with Crippen LogP contribution >= 0.6 is 0 Å². The highest BCUT2D eigenvalue weighted by atomic mass is 16.5. The molecule has 1 saturated heterocycles. The van der Waals surface area contributed by atoms with Gasteiger partial charge in [0.05, 0.1) is 18.1 Å². The summed E-state index contributed by atoms with van der Waals surface area (Å²) in [4.78, 5) is 0. The van der Waals surface area contributed by atoms with Crippen LogP contribution in [0.4, 0.5) is 0 Å². The lowest BCUT2D eigenvalue weighted by Gasteiger charge is -2.13. The third-order valence-electron chi connectivity index (χ3n) is 1.94. The Kier molecular flexibility index (Phi) is 2.52. The average Bonchev–Trinajstić information content (AvgIpc) is 2.50. The van der Waals surface area contributed by atoms with Crippen molar-refractivity contribution in [2.75, 3.05) is 13.2 Å². The number of nitrogens with zero attached hydrogens (tertiary/aromatic N) is 1. The lowest BCUT2D eigenvalue weighted by molar-refractivity contribution is 0.173. The van der Waals surface area contributed by atoms with Crippen molar-refractivity contribution in [2.24, 2.45) is 5.41 Å². The molecule has 1 rings (SSSR count). The molecule has 0 bridgehead atoms. The summed E-state index contributed by atoms with van der Waals surface area (Å²) < 4.78 is 5.16. The zero-order valence-electron chi connectivity index (χ0n) is 6.68. The Bertz CT molecular complexity index is 222. The summed E-state index contributed by atoms with van der Waals surface area (Å²) in [5, 5.41) is 8.85. The van der Waals surface area contributed by atoms with Crippen LogP contribution in [0.15, 0.2) is 0 Å². The minimum atomic E-state index is -0.303. The zero-order chi connectivity index (χ0) is 8.16. The van der Waals surface area contributed by atoms with Crippen LogP contribution in [0.5, 0.6) is 0 Å². The topological polar surface area (TPSA) is 33.0 Å². The van der Waals surface area contributed by atoms with Crippen molar-refractivity contribution in [3.8, 4) is 17.9 Å². The fourth-order valence-corrected chi connectivity index (χ4v) is 1.13. The van der Waals surface area contributed by atoms with E-state index in [9.17, 15) is 0 Å². The maximum atomic E-state index is 8.85. The molecule has 0 N–H and O–H groups in total. The summed E-state index contributed by atoms with van der Waals surface area (Å²) in [5.41, 5.74) is -0.303. The first-order chi connectivity index (χ1) is 5.33. The van der Waals surface area contributed by atoms with Crippen LogP contribution in [0.25, 0.3) is 0 Å². The van der Waals surface area contributed by atoms with Crippen molar-refractivity contribution < 1.29 is 4.74 Å². The van der Waals surface area contributed by atoms with E-state index < -0.39 is 0 Å². The van der Waals surface area contributed by atoms with Crippen molar-refractivity contribution in [1.82, 2.24) is 0 Å². The van der Waals surface area contributed by atoms with E-state index in [0.717, 1.165) is 6.42 Å². The van der Waals surface area contributed by atoms with E-state index in [-0.39, 0.29) is 5.41 Å². The van der Waals surface area contributed by atoms with Gasteiger partial charge in [-0.3, -0.25) is 0 Å². The molecule has 0 aromatic heterocycles. The highest BCUT2D eigenvalue weighted by Crippen LogP contribution is 2.30. The molecule has 11 heavy (non-hydrogen) atoms. The number of hydrogen-bond acceptors (Lipinski definition) is 2.